The van der Waals surface area contributed by atoms with Crippen molar-refractivity contribution in [2.75, 3.05) is 20.2 Å². The highest BCUT2D eigenvalue weighted by atomic mass is 79.9. The van der Waals surface area contributed by atoms with Crippen molar-refractivity contribution in [3.63, 3.8) is 0 Å². The highest BCUT2D eigenvalue weighted by Gasteiger charge is 2.16. The van der Waals surface area contributed by atoms with Crippen LogP contribution in [0.4, 0.5) is 4.39 Å². The van der Waals surface area contributed by atoms with Crippen LogP contribution in [0.25, 0.3) is 0 Å². The Balaban J connectivity index is 1.95. The SMILES string of the molecule is CCOc1ccccc1C(=O)NCC(=O)N(C)Cc1cc(Br)ccc1F. The Morgan fingerprint density at radius 3 is 2.69 bits per heavy atom. The van der Waals surface area contributed by atoms with Crippen molar-refractivity contribution >= 4 is 27.7 Å². The Kier molecular flexibility index (Phi) is 7.15. The molecule has 1 N–H and O–H groups in total. The van der Waals surface area contributed by atoms with Gasteiger partial charge in [0.05, 0.1) is 18.7 Å². The van der Waals surface area contributed by atoms with Gasteiger partial charge >= 0.3 is 0 Å². The fraction of sp³-hybridized carbons (Fsp3) is 0.263. The first-order chi connectivity index (χ1) is 12.4. The standard InChI is InChI=1S/C19H20BrFN2O3/c1-3-26-17-7-5-4-6-15(17)19(25)22-11-18(24)23(2)12-13-10-14(20)8-9-16(13)21/h4-10H,3,11-12H2,1-2H3,(H,22,25). The Morgan fingerprint density at radius 1 is 1.23 bits per heavy atom. The first kappa shape index (κ1) is 19.9. The molecule has 0 radical (unpaired) electrons. The molecule has 2 aromatic rings. The molecule has 2 aromatic carbocycles. The maximum absolute atomic E-state index is 13.8. The number of rotatable bonds is 7. The van der Waals surface area contributed by atoms with E-state index >= 15 is 0 Å². The third-order valence-corrected chi connectivity index (χ3v) is 4.17. The Hall–Kier alpha value is -2.41. The van der Waals surface area contributed by atoms with Crippen LogP contribution < -0.4 is 10.1 Å². The van der Waals surface area contributed by atoms with Crippen LogP contribution in [-0.2, 0) is 11.3 Å². The summed E-state index contributed by atoms with van der Waals surface area (Å²) in [7, 11) is 1.56. The van der Waals surface area contributed by atoms with Gasteiger partial charge in [-0.2, -0.15) is 0 Å². The molecule has 0 saturated carbocycles. The van der Waals surface area contributed by atoms with E-state index in [1.165, 1.54) is 11.0 Å². The second-order valence-corrected chi connectivity index (χ2v) is 6.51. The Bertz CT molecular complexity index is 798. The van der Waals surface area contributed by atoms with Gasteiger partial charge in [-0.1, -0.05) is 28.1 Å². The molecule has 0 atom stereocenters. The van der Waals surface area contributed by atoms with Gasteiger partial charge in [0.15, 0.2) is 0 Å². The highest BCUT2D eigenvalue weighted by molar-refractivity contribution is 9.10. The van der Waals surface area contributed by atoms with E-state index in [9.17, 15) is 14.0 Å². The number of nitrogens with one attached hydrogen (secondary N) is 1. The predicted molar refractivity (Wildman–Crippen MR) is 101 cm³/mol. The first-order valence-electron chi connectivity index (χ1n) is 8.10. The normalized spacial score (nSPS) is 10.3. The molecule has 0 unspecified atom stereocenters. The van der Waals surface area contributed by atoms with Gasteiger partial charge in [0.25, 0.3) is 5.91 Å². The zero-order chi connectivity index (χ0) is 19.1. The Morgan fingerprint density at radius 2 is 1.96 bits per heavy atom. The van der Waals surface area contributed by atoms with E-state index in [0.29, 0.717) is 23.5 Å². The molecule has 0 spiro atoms. The van der Waals surface area contributed by atoms with Gasteiger partial charge < -0.3 is 15.0 Å². The lowest BCUT2D eigenvalue weighted by atomic mass is 10.2. The van der Waals surface area contributed by atoms with E-state index in [1.54, 1.807) is 43.4 Å². The summed E-state index contributed by atoms with van der Waals surface area (Å²) >= 11 is 3.28. The minimum absolute atomic E-state index is 0.107. The number of carbonyl (C=O) groups is 2. The van der Waals surface area contributed by atoms with Crippen LogP contribution in [0.5, 0.6) is 5.75 Å². The summed E-state index contributed by atoms with van der Waals surface area (Å²) in [5, 5.41) is 2.58. The molecule has 0 saturated heterocycles. The number of amides is 2. The summed E-state index contributed by atoms with van der Waals surface area (Å²) in [6, 6.07) is 11.4. The summed E-state index contributed by atoms with van der Waals surface area (Å²) in [4.78, 5) is 25.9. The smallest absolute Gasteiger partial charge is 0.255 e. The molecule has 5 nitrogen and oxygen atoms in total. The van der Waals surface area contributed by atoms with E-state index in [-0.39, 0.29) is 24.8 Å². The molecule has 26 heavy (non-hydrogen) atoms. The largest absolute Gasteiger partial charge is 0.493 e. The molecule has 0 heterocycles. The average Bonchev–Trinajstić information content (AvgIpc) is 2.63. The van der Waals surface area contributed by atoms with Gasteiger partial charge in [-0.3, -0.25) is 9.59 Å². The number of hydrogen-bond acceptors (Lipinski definition) is 3. The van der Waals surface area contributed by atoms with Crippen molar-refractivity contribution in [1.29, 1.82) is 0 Å². The lowest BCUT2D eigenvalue weighted by molar-refractivity contribution is -0.129. The second kappa shape index (κ2) is 9.33. The van der Waals surface area contributed by atoms with Crippen molar-refractivity contribution in [1.82, 2.24) is 10.2 Å². The minimum Gasteiger partial charge on any atom is -0.493 e. The molecule has 0 aliphatic rings. The summed E-state index contributed by atoms with van der Waals surface area (Å²) < 4.78 is 19.9. The van der Waals surface area contributed by atoms with Crippen molar-refractivity contribution in [2.45, 2.75) is 13.5 Å². The van der Waals surface area contributed by atoms with E-state index in [4.69, 9.17) is 4.74 Å². The molecule has 138 valence electrons. The van der Waals surface area contributed by atoms with E-state index in [0.717, 1.165) is 4.47 Å². The van der Waals surface area contributed by atoms with Gasteiger partial charge in [0.2, 0.25) is 5.91 Å². The van der Waals surface area contributed by atoms with Gasteiger partial charge in [0, 0.05) is 23.6 Å². The zero-order valence-electron chi connectivity index (χ0n) is 14.6. The van der Waals surface area contributed by atoms with E-state index in [2.05, 4.69) is 21.2 Å². The molecule has 0 aromatic heterocycles. The average molecular weight is 423 g/mol. The number of likely N-dealkylation sites (N-methyl/N-ethyl adjacent to an activating group) is 1. The van der Waals surface area contributed by atoms with Crippen molar-refractivity contribution in [2.24, 2.45) is 0 Å². The first-order valence-corrected chi connectivity index (χ1v) is 8.89. The third-order valence-electron chi connectivity index (χ3n) is 3.67. The quantitative estimate of drug-likeness (QED) is 0.743. The summed E-state index contributed by atoms with van der Waals surface area (Å²) in [6.45, 7) is 2.18. The summed E-state index contributed by atoms with van der Waals surface area (Å²) in [5.41, 5.74) is 0.756. The lowest BCUT2D eigenvalue weighted by Gasteiger charge is -2.18. The monoisotopic (exact) mass is 422 g/mol. The number of carbonyl (C=O) groups excluding carboxylic acids is 2. The molecule has 0 fully saturated rings. The minimum atomic E-state index is -0.399. The zero-order valence-corrected chi connectivity index (χ0v) is 16.2. The van der Waals surface area contributed by atoms with E-state index < -0.39 is 5.91 Å². The van der Waals surface area contributed by atoms with Crippen LogP contribution >= 0.6 is 15.9 Å². The molecular formula is C19H20BrFN2O3. The molecule has 0 aliphatic carbocycles. The van der Waals surface area contributed by atoms with Gasteiger partial charge in [0.1, 0.15) is 11.6 Å². The molecule has 2 rings (SSSR count). The number of ether oxygens (including phenoxy) is 1. The third kappa shape index (κ3) is 5.29. The van der Waals surface area contributed by atoms with Gasteiger partial charge in [-0.25, -0.2) is 4.39 Å². The molecule has 0 aliphatic heterocycles. The molecule has 2 amide bonds. The van der Waals surface area contributed by atoms with Gasteiger partial charge in [-0.15, -0.1) is 0 Å². The summed E-state index contributed by atoms with van der Waals surface area (Å²) in [5.74, 6) is -0.650. The van der Waals surface area contributed by atoms with Crippen molar-refractivity contribution in [3.05, 3.63) is 63.9 Å². The lowest BCUT2D eigenvalue weighted by Crippen LogP contribution is -2.38. The van der Waals surface area contributed by atoms with Crippen LogP contribution in [0, 0.1) is 5.82 Å². The summed E-state index contributed by atoms with van der Waals surface area (Å²) in [6.07, 6.45) is 0. The van der Waals surface area contributed by atoms with Crippen LogP contribution in [0.3, 0.4) is 0 Å². The molecule has 0 bridgehead atoms. The number of para-hydroxylation sites is 1. The van der Waals surface area contributed by atoms with E-state index in [1.807, 2.05) is 6.92 Å². The maximum atomic E-state index is 13.8. The van der Waals surface area contributed by atoms with Crippen molar-refractivity contribution < 1.29 is 18.7 Å². The second-order valence-electron chi connectivity index (χ2n) is 5.60. The number of hydrogen-bond donors (Lipinski definition) is 1. The van der Waals surface area contributed by atoms with Crippen LogP contribution in [0.15, 0.2) is 46.9 Å². The van der Waals surface area contributed by atoms with Crippen LogP contribution in [0.1, 0.15) is 22.8 Å². The fourth-order valence-electron chi connectivity index (χ4n) is 2.33. The Labute approximate surface area is 160 Å². The maximum Gasteiger partial charge on any atom is 0.255 e. The number of nitrogens with zero attached hydrogens (tertiary/aromatic N) is 1. The number of benzene rings is 2. The van der Waals surface area contributed by atoms with Crippen LogP contribution in [-0.4, -0.2) is 36.9 Å². The topological polar surface area (TPSA) is 58.6 Å². The van der Waals surface area contributed by atoms with Crippen LogP contribution in [0.2, 0.25) is 0 Å². The molecular weight excluding hydrogens is 403 g/mol. The molecule has 7 heteroatoms. The van der Waals surface area contributed by atoms with Gasteiger partial charge in [-0.05, 0) is 37.3 Å². The number of halogens is 2. The predicted octanol–water partition coefficient (Wildman–Crippen LogP) is 3.38. The highest BCUT2D eigenvalue weighted by Crippen LogP contribution is 2.18. The fourth-order valence-corrected chi connectivity index (χ4v) is 2.74. The van der Waals surface area contributed by atoms with Crippen molar-refractivity contribution in [3.8, 4) is 5.75 Å².